The van der Waals surface area contributed by atoms with Crippen LogP contribution in [0.5, 0.6) is 0 Å². The van der Waals surface area contributed by atoms with Gasteiger partial charge in [0.1, 0.15) is 5.69 Å². The fourth-order valence-electron chi connectivity index (χ4n) is 3.05. The molecule has 2 amide bonds. The lowest BCUT2D eigenvalue weighted by molar-refractivity contribution is -0.116. The maximum Gasteiger partial charge on any atom is 0.404 e. The number of hydrogen-bond acceptors (Lipinski definition) is 4. The number of anilines is 2. The summed E-state index contributed by atoms with van der Waals surface area (Å²) in [6.07, 6.45) is 0.0740. The number of hydrogen-bond donors (Lipinski definition) is 4. The summed E-state index contributed by atoms with van der Waals surface area (Å²) in [6.45, 7) is 2.68. The zero-order valence-electron chi connectivity index (χ0n) is 16.5. The van der Waals surface area contributed by atoms with Gasteiger partial charge in [0.15, 0.2) is 5.15 Å². The molecule has 0 radical (unpaired) electrons. The Hall–Kier alpha value is -3.32. The number of amides is 2. The minimum Gasteiger partial charge on any atom is -0.465 e. The predicted octanol–water partition coefficient (Wildman–Crippen LogP) is 5.01. The third-order valence-electron chi connectivity index (χ3n) is 4.53. The second kappa shape index (κ2) is 9.93. The van der Waals surface area contributed by atoms with Crippen LogP contribution in [-0.2, 0) is 17.9 Å². The Morgan fingerprint density at radius 2 is 1.67 bits per heavy atom. The van der Waals surface area contributed by atoms with E-state index in [-0.39, 0.29) is 17.6 Å². The Morgan fingerprint density at radius 1 is 1.00 bits per heavy atom. The van der Waals surface area contributed by atoms with Gasteiger partial charge >= 0.3 is 6.09 Å². The summed E-state index contributed by atoms with van der Waals surface area (Å²) in [5.41, 5.74) is 3.78. The van der Waals surface area contributed by atoms with Crippen molar-refractivity contribution in [2.75, 3.05) is 10.6 Å². The molecule has 0 fully saturated rings. The predicted molar refractivity (Wildman–Crippen MR) is 119 cm³/mol. The van der Waals surface area contributed by atoms with Crippen molar-refractivity contribution in [3.8, 4) is 0 Å². The maximum absolute atomic E-state index is 12.2. The number of halogens is 1. The SMILES string of the molecule is CCCC(=O)Nc1c(Cl)nc2ccccc2c1NCc1ccc(CNC(=O)O)cc1. The Kier molecular flexibility index (Phi) is 7.08. The first-order chi connectivity index (χ1) is 14.5. The van der Waals surface area contributed by atoms with Gasteiger partial charge < -0.3 is 21.1 Å². The van der Waals surface area contributed by atoms with Gasteiger partial charge in [-0.15, -0.1) is 0 Å². The molecule has 0 spiro atoms. The third kappa shape index (κ3) is 5.39. The molecule has 156 valence electrons. The molecule has 0 saturated carbocycles. The van der Waals surface area contributed by atoms with E-state index in [9.17, 15) is 9.59 Å². The van der Waals surface area contributed by atoms with Gasteiger partial charge in [-0.3, -0.25) is 4.79 Å². The number of para-hydroxylation sites is 1. The Bertz CT molecular complexity index is 1050. The summed E-state index contributed by atoms with van der Waals surface area (Å²) in [7, 11) is 0. The molecule has 0 saturated heterocycles. The molecular weight excluding hydrogens is 404 g/mol. The quantitative estimate of drug-likeness (QED) is 0.379. The number of carboxylic acid groups (broad SMARTS) is 1. The van der Waals surface area contributed by atoms with E-state index in [2.05, 4.69) is 20.9 Å². The summed E-state index contributed by atoms with van der Waals surface area (Å²) >= 11 is 6.39. The Balaban J connectivity index is 1.84. The lowest BCUT2D eigenvalue weighted by atomic mass is 10.1. The van der Waals surface area contributed by atoms with E-state index >= 15 is 0 Å². The van der Waals surface area contributed by atoms with E-state index in [1.165, 1.54) is 0 Å². The van der Waals surface area contributed by atoms with Gasteiger partial charge in [0, 0.05) is 24.9 Å². The molecule has 7 nitrogen and oxygen atoms in total. The van der Waals surface area contributed by atoms with Gasteiger partial charge in [-0.2, -0.15) is 0 Å². The number of rotatable bonds is 8. The Labute approximate surface area is 179 Å². The van der Waals surface area contributed by atoms with Crippen molar-refractivity contribution in [3.63, 3.8) is 0 Å². The molecule has 30 heavy (non-hydrogen) atoms. The average molecular weight is 427 g/mol. The number of carbonyl (C=O) groups excluding carboxylic acids is 1. The highest BCUT2D eigenvalue weighted by Crippen LogP contribution is 2.36. The largest absolute Gasteiger partial charge is 0.465 e. The number of benzene rings is 2. The van der Waals surface area contributed by atoms with Crippen LogP contribution in [-0.4, -0.2) is 22.1 Å². The summed E-state index contributed by atoms with van der Waals surface area (Å²) in [5.74, 6) is -0.116. The molecule has 1 aromatic heterocycles. The summed E-state index contributed by atoms with van der Waals surface area (Å²) in [5, 5.41) is 18.4. The summed E-state index contributed by atoms with van der Waals surface area (Å²) < 4.78 is 0. The molecule has 0 unspecified atom stereocenters. The first kappa shape index (κ1) is 21.4. The van der Waals surface area contributed by atoms with Gasteiger partial charge in [-0.1, -0.05) is 61.0 Å². The van der Waals surface area contributed by atoms with Crippen LogP contribution in [0, 0.1) is 0 Å². The lowest BCUT2D eigenvalue weighted by Crippen LogP contribution is -2.19. The average Bonchev–Trinajstić information content (AvgIpc) is 2.73. The first-order valence-corrected chi connectivity index (χ1v) is 10.0. The topological polar surface area (TPSA) is 103 Å². The molecular formula is C22H23ClN4O3. The molecule has 0 aliphatic heterocycles. The van der Waals surface area contributed by atoms with Gasteiger partial charge in [-0.25, -0.2) is 9.78 Å². The van der Waals surface area contributed by atoms with Crippen molar-refractivity contribution in [1.82, 2.24) is 10.3 Å². The lowest BCUT2D eigenvalue weighted by Gasteiger charge is -2.17. The highest BCUT2D eigenvalue weighted by molar-refractivity contribution is 6.34. The molecule has 2 aromatic carbocycles. The summed E-state index contributed by atoms with van der Waals surface area (Å²) in [4.78, 5) is 27.2. The highest BCUT2D eigenvalue weighted by atomic mass is 35.5. The van der Waals surface area contributed by atoms with Crippen LogP contribution in [0.4, 0.5) is 16.2 Å². The molecule has 8 heteroatoms. The van der Waals surface area contributed by atoms with E-state index in [0.717, 1.165) is 28.5 Å². The number of fused-ring (bicyclic) bond motifs is 1. The second-order valence-corrected chi connectivity index (χ2v) is 7.15. The van der Waals surface area contributed by atoms with E-state index in [1.54, 1.807) is 0 Å². The van der Waals surface area contributed by atoms with E-state index in [0.29, 0.717) is 24.3 Å². The molecule has 1 heterocycles. The normalized spacial score (nSPS) is 10.6. The number of nitrogens with one attached hydrogen (secondary N) is 3. The van der Waals surface area contributed by atoms with Crippen molar-refractivity contribution >= 4 is 45.9 Å². The molecule has 4 N–H and O–H groups in total. The Morgan fingerprint density at radius 3 is 2.33 bits per heavy atom. The molecule has 3 rings (SSSR count). The van der Waals surface area contributed by atoms with Crippen molar-refractivity contribution in [3.05, 3.63) is 64.8 Å². The van der Waals surface area contributed by atoms with Gasteiger partial charge in [0.2, 0.25) is 5.91 Å². The standard InChI is InChI=1S/C22H23ClN4O3/c1-2-5-18(28)27-20-19(16-6-3-4-7-17(16)26-21(20)23)24-12-14-8-10-15(11-9-14)13-25-22(29)30/h3-4,6-11,25H,2,5,12-13H2,1H3,(H,24,26)(H,27,28)(H,29,30). The molecule has 3 aromatic rings. The molecule has 0 aliphatic carbocycles. The monoisotopic (exact) mass is 426 g/mol. The van der Waals surface area contributed by atoms with Crippen LogP contribution in [0.25, 0.3) is 10.9 Å². The molecule has 0 bridgehead atoms. The van der Waals surface area contributed by atoms with Crippen molar-refractivity contribution in [2.45, 2.75) is 32.9 Å². The number of carbonyl (C=O) groups is 2. The van der Waals surface area contributed by atoms with E-state index < -0.39 is 6.09 Å². The minimum atomic E-state index is -1.06. The fourth-order valence-corrected chi connectivity index (χ4v) is 3.28. The minimum absolute atomic E-state index is 0.116. The van der Waals surface area contributed by atoms with Gasteiger partial charge in [0.25, 0.3) is 0 Å². The first-order valence-electron chi connectivity index (χ1n) is 9.64. The van der Waals surface area contributed by atoms with Crippen LogP contribution < -0.4 is 16.0 Å². The molecule has 0 atom stereocenters. The van der Waals surface area contributed by atoms with Crippen molar-refractivity contribution in [2.24, 2.45) is 0 Å². The zero-order valence-corrected chi connectivity index (χ0v) is 17.3. The number of nitrogens with zero attached hydrogens (tertiary/aromatic N) is 1. The van der Waals surface area contributed by atoms with E-state index in [4.69, 9.17) is 16.7 Å². The van der Waals surface area contributed by atoms with Gasteiger partial charge in [0.05, 0.1) is 11.2 Å². The zero-order chi connectivity index (χ0) is 21.5. The maximum atomic E-state index is 12.2. The fraction of sp³-hybridized carbons (Fsp3) is 0.227. The number of pyridine rings is 1. The summed E-state index contributed by atoms with van der Waals surface area (Å²) in [6, 6.07) is 15.2. The van der Waals surface area contributed by atoms with Gasteiger partial charge in [-0.05, 0) is 23.6 Å². The van der Waals surface area contributed by atoms with Crippen molar-refractivity contribution < 1.29 is 14.7 Å². The smallest absolute Gasteiger partial charge is 0.404 e. The van der Waals surface area contributed by atoms with Crippen LogP contribution in [0.2, 0.25) is 5.15 Å². The number of aromatic nitrogens is 1. The molecule has 0 aliphatic rings. The second-order valence-electron chi connectivity index (χ2n) is 6.80. The van der Waals surface area contributed by atoms with Crippen LogP contribution in [0.3, 0.4) is 0 Å². The van der Waals surface area contributed by atoms with Crippen molar-refractivity contribution in [1.29, 1.82) is 0 Å². The highest BCUT2D eigenvalue weighted by Gasteiger charge is 2.16. The van der Waals surface area contributed by atoms with Crippen LogP contribution in [0.1, 0.15) is 30.9 Å². The van der Waals surface area contributed by atoms with E-state index in [1.807, 2.05) is 55.5 Å². The van der Waals surface area contributed by atoms with Crippen LogP contribution in [0.15, 0.2) is 48.5 Å². The van der Waals surface area contributed by atoms with Crippen LogP contribution >= 0.6 is 11.6 Å². The third-order valence-corrected chi connectivity index (χ3v) is 4.80.